The van der Waals surface area contributed by atoms with E-state index < -0.39 is 5.60 Å². The fraction of sp³-hybridized carbons (Fsp3) is 0.522. The first-order valence-corrected chi connectivity index (χ1v) is 10.2. The summed E-state index contributed by atoms with van der Waals surface area (Å²) in [5.41, 5.74) is -0.453. The van der Waals surface area contributed by atoms with Crippen LogP contribution in [-0.4, -0.2) is 42.3 Å². The zero-order chi connectivity index (χ0) is 20.0. The Balaban J connectivity index is 1.52. The van der Waals surface area contributed by atoms with Gasteiger partial charge in [0, 0.05) is 19.6 Å². The van der Waals surface area contributed by atoms with Crippen LogP contribution in [0.25, 0.3) is 0 Å². The molecule has 1 aliphatic carbocycles. The Bertz CT molecular complexity index is 706. The molecule has 28 heavy (non-hydrogen) atoms. The average molecular weight is 385 g/mol. The topological polar surface area (TPSA) is 50.8 Å². The van der Waals surface area contributed by atoms with Gasteiger partial charge in [0.2, 0.25) is 0 Å². The summed E-state index contributed by atoms with van der Waals surface area (Å²) < 4.78 is 11.6. The average Bonchev–Trinajstić information content (AvgIpc) is 2.67. The maximum atomic E-state index is 12.4. The maximum absolute atomic E-state index is 12.4. The normalized spacial score (nSPS) is 22.5. The van der Waals surface area contributed by atoms with Gasteiger partial charge < -0.3 is 19.7 Å². The molecular weight excluding hydrogens is 352 g/mol. The van der Waals surface area contributed by atoms with Crippen molar-refractivity contribution >= 4 is 6.09 Å². The van der Waals surface area contributed by atoms with Crippen molar-refractivity contribution in [2.75, 3.05) is 19.6 Å². The number of hydrogen-bond acceptors (Lipinski definition) is 4. The van der Waals surface area contributed by atoms with Crippen LogP contribution < -0.4 is 10.1 Å². The van der Waals surface area contributed by atoms with Crippen molar-refractivity contribution in [3.63, 3.8) is 0 Å². The van der Waals surface area contributed by atoms with Gasteiger partial charge in [0.1, 0.15) is 17.1 Å². The number of nitrogens with zero attached hydrogens (tertiary/aromatic N) is 1. The standard InChI is InChI=1S/C23H32N2O3/c1-23(2,3)28-22(26)25-15-9-10-18(17-25)16-24-20-13-7-8-14-21(20)27-19-11-5-4-6-12-19/h4-8,11-12,14,18,20,24H,9-10,13,15-17H2,1-3H3. The Morgan fingerprint density at radius 1 is 1.25 bits per heavy atom. The summed E-state index contributed by atoms with van der Waals surface area (Å²) in [4.78, 5) is 14.2. The number of likely N-dealkylation sites (tertiary alicyclic amines) is 1. The molecule has 2 aliphatic rings. The highest BCUT2D eigenvalue weighted by atomic mass is 16.6. The molecule has 2 atom stereocenters. The predicted octanol–water partition coefficient (Wildman–Crippen LogP) is 4.51. The number of ether oxygens (including phenoxy) is 2. The van der Waals surface area contributed by atoms with Crippen molar-refractivity contribution in [3.8, 4) is 5.75 Å². The number of hydrogen-bond donors (Lipinski definition) is 1. The first-order chi connectivity index (χ1) is 13.4. The predicted molar refractivity (Wildman–Crippen MR) is 111 cm³/mol. The van der Waals surface area contributed by atoms with Crippen molar-refractivity contribution in [3.05, 3.63) is 54.3 Å². The van der Waals surface area contributed by atoms with Crippen LogP contribution in [-0.2, 0) is 4.74 Å². The van der Waals surface area contributed by atoms with E-state index in [1.165, 1.54) is 0 Å². The molecule has 1 aromatic rings. The lowest BCUT2D eigenvalue weighted by molar-refractivity contribution is 0.0165. The second kappa shape index (κ2) is 9.28. The molecule has 2 unspecified atom stereocenters. The number of rotatable bonds is 5. The number of piperidine rings is 1. The molecule has 0 saturated carbocycles. The van der Waals surface area contributed by atoms with E-state index in [1.54, 1.807) is 0 Å². The summed E-state index contributed by atoms with van der Waals surface area (Å²) in [6.45, 7) is 8.09. The van der Waals surface area contributed by atoms with Crippen LogP contribution in [0.1, 0.15) is 40.0 Å². The monoisotopic (exact) mass is 384 g/mol. The molecule has 5 nitrogen and oxygen atoms in total. The van der Waals surface area contributed by atoms with E-state index in [0.29, 0.717) is 5.92 Å². The van der Waals surface area contributed by atoms with Crippen LogP contribution in [0.3, 0.4) is 0 Å². The van der Waals surface area contributed by atoms with Crippen molar-refractivity contribution in [1.29, 1.82) is 0 Å². The Morgan fingerprint density at radius 3 is 2.79 bits per heavy atom. The van der Waals surface area contributed by atoms with Gasteiger partial charge in [-0.15, -0.1) is 0 Å². The fourth-order valence-electron chi connectivity index (χ4n) is 3.56. The number of nitrogens with one attached hydrogen (secondary N) is 1. The molecule has 1 N–H and O–H groups in total. The maximum Gasteiger partial charge on any atom is 0.410 e. The van der Waals surface area contributed by atoms with Gasteiger partial charge in [0.25, 0.3) is 0 Å². The van der Waals surface area contributed by atoms with Crippen LogP contribution in [0.2, 0.25) is 0 Å². The van der Waals surface area contributed by atoms with Crippen molar-refractivity contribution < 1.29 is 14.3 Å². The first-order valence-electron chi connectivity index (χ1n) is 10.2. The van der Waals surface area contributed by atoms with Crippen molar-refractivity contribution in [1.82, 2.24) is 10.2 Å². The van der Waals surface area contributed by atoms with E-state index in [2.05, 4.69) is 11.4 Å². The van der Waals surface area contributed by atoms with Gasteiger partial charge in [0.05, 0.1) is 6.04 Å². The highest BCUT2D eigenvalue weighted by Crippen LogP contribution is 2.22. The largest absolute Gasteiger partial charge is 0.460 e. The highest BCUT2D eigenvalue weighted by molar-refractivity contribution is 5.68. The first kappa shape index (κ1) is 20.5. The molecule has 1 saturated heterocycles. The molecule has 0 bridgehead atoms. The number of amides is 1. The lowest BCUT2D eigenvalue weighted by atomic mass is 9.97. The van der Waals surface area contributed by atoms with E-state index in [-0.39, 0.29) is 12.1 Å². The second-order valence-corrected chi connectivity index (χ2v) is 8.54. The molecule has 1 aliphatic heterocycles. The summed E-state index contributed by atoms with van der Waals surface area (Å²) in [5.74, 6) is 2.21. The molecule has 152 valence electrons. The summed E-state index contributed by atoms with van der Waals surface area (Å²) in [6.07, 6.45) is 9.06. The van der Waals surface area contributed by atoms with Crippen molar-refractivity contribution in [2.24, 2.45) is 5.92 Å². The molecule has 1 heterocycles. The molecule has 1 aromatic carbocycles. The Hall–Kier alpha value is -2.27. The van der Waals surface area contributed by atoms with E-state index in [1.807, 2.05) is 68.2 Å². The molecule has 5 heteroatoms. The third kappa shape index (κ3) is 6.13. The molecule has 0 aromatic heterocycles. The van der Waals surface area contributed by atoms with E-state index in [9.17, 15) is 4.79 Å². The molecule has 0 spiro atoms. The minimum Gasteiger partial charge on any atom is -0.460 e. The number of benzene rings is 1. The van der Waals surface area contributed by atoms with Gasteiger partial charge in [-0.05, 0) is 64.2 Å². The zero-order valence-electron chi connectivity index (χ0n) is 17.2. The minimum atomic E-state index is -0.453. The fourth-order valence-corrected chi connectivity index (χ4v) is 3.56. The van der Waals surface area contributed by atoms with Crippen molar-refractivity contribution in [2.45, 2.75) is 51.7 Å². The van der Waals surface area contributed by atoms with Crippen LogP contribution >= 0.6 is 0 Å². The SMILES string of the molecule is CC(C)(C)OC(=O)N1CCCC(CNC2CC=CC=C2Oc2ccccc2)C1. The second-order valence-electron chi connectivity index (χ2n) is 8.54. The number of carbonyl (C=O) groups excluding carboxylic acids is 1. The summed E-state index contributed by atoms with van der Waals surface area (Å²) in [5, 5.41) is 3.65. The van der Waals surface area contributed by atoms with Gasteiger partial charge in [-0.25, -0.2) is 4.79 Å². The highest BCUT2D eigenvalue weighted by Gasteiger charge is 2.28. The molecular formula is C23H32N2O3. The summed E-state index contributed by atoms with van der Waals surface area (Å²) in [7, 11) is 0. The minimum absolute atomic E-state index is 0.155. The molecule has 3 rings (SSSR count). The number of para-hydroxylation sites is 1. The lowest BCUT2D eigenvalue weighted by Gasteiger charge is -2.35. The van der Waals surface area contributed by atoms with Crippen LogP contribution in [0.15, 0.2) is 54.3 Å². The van der Waals surface area contributed by atoms with Crippen LogP contribution in [0.4, 0.5) is 4.79 Å². The Kier molecular flexibility index (Phi) is 6.79. The van der Waals surface area contributed by atoms with Gasteiger partial charge in [-0.2, -0.15) is 0 Å². The van der Waals surface area contributed by atoms with Gasteiger partial charge in [-0.3, -0.25) is 0 Å². The van der Waals surface area contributed by atoms with E-state index in [0.717, 1.165) is 50.4 Å². The van der Waals surface area contributed by atoms with E-state index in [4.69, 9.17) is 9.47 Å². The third-order valence-corrected chi connectivity index (χ3v) is 4.91. The van der Waals surface area contributed by atoms with Gasteiger partial charge in [0.15, 0.2) is 0 Å². The van der Waals surface area contributed by atoms with Crippen LogP contribution in [0.5, 0.6) is 5.75 Å². The molecule has 1 fully saturated rings. The zero-order valence-corrected chi connectivity index (χ0v) is 17.2. The summed E-state index contributed by atoms with van der Waals surface area (Å²) in [6, 6.07) is 10.0. The number of allylic oxidation sites excluding steroid dienone is 2. The molecule has 0 radical (unpaired) electrons. The van der Waals surface area contributed by atoms with Gasteiger partial charge >= 0.3 is 6.09 Å². The third-order valence-electron chi connectivity index (χ3n) is 4.91. The summed E-state index contributed by atoms with van der Waals surface area (Å²) >= 11 is 0. The lowest BCUT2D eigenvalue weighted by Crippen LogP contribution is -2.46. The quantitative estimate of drug-likeness (QED) is 0.811. The van der Waals surface area contributed by atoms with E-state index >= 15 is 0 Å². The number of carbonyl (C=O) groups is 1. The Morgan fingerprint density at radius 2 is 2.04 bits per heavy atom. The molecule has 1 amide bonds. The smallest absolute Gasteiger partial charge is 0.410 e. The Labute approximate surface area is 168 Å². The van der Waals surface area contributed by atoms with Crippen LogP contribution in [0, 0.1) is 5.92 Å². The van der Waals surface area contributed by atoms with Gasteiger partial charge in [-0.1, -0.05) is 30.4 Å².